The molecule has 2 bridgehead atoms. The van der Waals surface area contributed by atoms with Gasteiger partial charge in [0.15, 0.2) is 0 Å². The van der Waals surface area contributed by atoms with Gasteiger partial charge in [-0.15, -0.1) is 0 Å². The zero-order chi connectivity index (χ0) is 18.7. The number of fused-ring (bicyclic) bond motifs is 3. The molecule has 2 nitrogen and oxygen atoms in total. The van der Waals surface area contributed by atoms with Crippen LogP contribution in [0.1, 0.15) is 22.3 Å². The first-order chi connectivity index (χ1) is 13.1. The van der Waals surface area contributed by atoms with Gasteiger partial charge in [0.1, 0.15) is 45.8 Å². The number of rotatable bonds is 7. The summed E-state index contributed by atoms with van der Waals surface area (Å²) in [6, 6.07) is 17.9. The average Bonchev–Trinajstić information content (AvgIpc) is 2.74. The third-order valence-electron chi connectivity index (χ3n) is 6.97. The highest BCUT2D eigenvalue weighted by Gasteiger charge is 2.48. The van der Waals surface area contributed by atoms with Gasteiger partial charge in [-0.2, -0.15) is 0 Å². The molecular weight excluding hydrogens is 328 g/mol. The second-order valence-electron chi connectivity index (χ2n) is 8.55. The van der Waals surface area contributed by atoms with E-state index in [9.17, 15) is 0 Å². The Morgan fingerprint density at radius 2 is 1.07 bits per heavy atom. The maximum atomic E-state index is 3.86. The van der Waals surface area contributed by atoms with E-state index in [-0.39, 0.29) is 0 Å². The van der Waals surface area contributed by atoms with Crippen LogP contribution in [0.2, 0.25) is 0 Å². The molecule has 0 atom stereocenters. The molecule has 3 heterocycles. The molecule has 0 radical (unpaired) electrons. The second-order valence-corrected chi connectivity index (χ2v) is 8.55. The summed E-state index contributed by atoms with van der Waals surface area (Å²) in [6.45, 7) is 18.2. The Kier molecular flexibility index (Phi) is 5.03. The van der Waals surface area contributed by atoms with E-state index in [0.29, 0.717) is 0 Å². The third kappa shape index (κ3) is 3.92. The van der Waals surface area contributed by atoms with E-state index < -0.39 is 0 Å². The number of nitrogens with zero attached hydrogens (tertiary/aromatic N) is 2. The summed E-state index contributed by atoms with van der Waals surface area (Å²) in [7, 11) is 0. The van der Waals surface area contributed by atoms with Crippen molar-refractivity contribution in [1.29, 1.82) is 0 Å². The molecule has 0 saturated carbocycles. The number of hydrogen-bond donors (Lipinski definition) is 0. The lowest BCUT2D eigenvalue weighted by Gasteiger charge is -2.55. The molecule has 0 amide bonds. The second kappa shape index (κ2) is 7.46. The molecule has 27 heavy (non-hydrogen) atoms. The normalized spacial score (nSPS) is 26.7. The fourth-order valence-electron chi connectivity index (χ4n) is 4.85. The minimum atomic E-state index is 1.19. The molecule has 140 valence electrons. The van der Waals surface area contributed by atoms with E-state index in [0.717, 1.165) is 0 Å². The average molecular weight is 361 g/mol. The molecule has 2 heteroatoms. The van der Waals surface area contributed by atoms with Gasteiger partial charge in [-0.3, -0.25) is 0 Å². The third-order valence-corrected chi connectivity index (χ3v) is 6.97. The van der Waals surface area contributed by atoms with Crippen molar-refractivity contribution in [3.05, 3.63) is 83.9 Å². The monoisotopic (exact) mass is 360 g/mol. The van der Waals surface area contributed by atoms with Crippen LogP contribution < -0.4 is 0 Å². The molecule has 2 aromatic carbocycles. The highest BCUT2D eigenvalue weighted by molar-refractivity contribution is 5.47. The molecule has 3 aliphatic heterocycles. The van der Waals surface area contributed by atoms with Crippen LogP contribution in [0.3, 0.4) is 0 Å². The number of benzene rings is 2. The SMILES string of the molecule is C=Cc1ccc(CC[N+]23CC[N+](Cc4ccc(C=C)cc4)(CC2)CC3)cc1. The Labute approximate surface area is 164 Å². The van der Waals surface area contributed by atoms with Gasteiger partial charge in [-0.05, 0) is 16.7 Å². The summed E-state index contributed by atoms with van der Waals surface area (Å²) in [5.41, 5.74) is 5.37. The van der Waals surface area contributed by atoms with Gasteiger partial charge in [-0.25, -0.2) is 0 Å². The van der Waals surface area contributed by atoms with Gasteiger partial charge >= 0.3 is 0 Å². The maximum absolute atomic E-state index is 3.86. The molecule has 0 unspecified atom stereocenters. The van der Waals surface area contributed by atoms with Crippen LogP contribution >= 0.6 is 0 Å². The van der Waals surface area contributed by atoms with E-state index in [1.54, 1.807) is 0 Å². The first kappa shape index (κ1) is 18.2. The summed E-state index contributed by atoms with van der Waals surface area (Å²) < 4.78 is 2.63. The summed E-state index contributed by atoms with van der Waals surface area (Å²) in [5.74, 6) is 0. The molecule has 0 aromatic heterocycles. The van der Waals surface area contributed by atoms with Crippen molar-refractivity contribution in [2.24, 2.45) is 0 Å². The van der Waals surface area contributed by atoms with E-state index in [2.05, 4.69) is 61.7 Å². The fraction of sp³-hybridized carbons (Fsp3) is 0.360. The largest absolute Gasteiger partial charge is 0.309 e. The topological polar surface area (TPSA) is 0 Å². The van der Waals surface area contributed by atoms with E-state index in [1.807, 2.05) is 12.2 Å². The van der Waals surface area contributed by atoms with Gasteiger partial charge in [-0.1, -0.05) is 73.8 Å². The lowest BCUT2D eigenvalue weighted by atomic mass is 10.0. The summed E-state index contributed by atoms with van der Waals surface area (Å²) in [4.78, 5) is 0. The van der Waals surface area contributed by atoms with Crippen LogP contribution in [0, 0.1) is 0 Å². The van der Waals surface area contributed by atoms with Crippen molar-refractivity contribution < 1.29 is 8.97 Å². The van der Waals surface area contributed by atoms with Crippen LogP contribution in [-0.2, 0) is 13.0 Å². The Morgan fingerprint density at radius 1 is 0.630 bits per heavy atom. The minimum absolute atomic E-state index is 1.19. The Morgan fingerprint density at radius 3 is 1.56 bits per heavy atom. The fourth-order valence-corrected chi connectivity index (χ4v) is 4.85. The van der Waals surface area contributed by atoms with E-state index >= 15 is 0 Å². The first-order valence-electron chi connectivity index (χ1n) is 10.3. The lowest BCUT2D eigenvalue weighted by molar-refractivity contribution is -1.09. The molecule has 5 rings (SSSR count). The number of quaternary nitrogens is 2. The maximum Gasteiger partial charge on any atom is 0.129 e. The van der Waals surface area contributed by atoms with Crippen molar-refractivity contribution in [1.82, 2.24) is 0 Å². The van der Waals surface area contributed by atoms with Crippen molar-refractivity contribution in [2.45, 2.75) is 13.0 Å². The molecular formula is C25H32N2+2. The molecule has 3 aliphatic rings. The Balaban J connectivity index is 1.35. The van der Waals surface area contributed by atoms with Crippen LogP contribution in [0.15, 0.2) is 61.7 Å². The van der Waals surface area contributed by atoms with Gasteiger partial charge < -0.3 is 8.97 Å². The minimum Gasteiger partial charge on any atom is -0.309 e. The molecule has 0 spiro atoms. The molecule has 3 fully saturated rings. The van der Waals surface area contributed by atoms with E-state index in [4.69, 9.17) is 0 Å². The molecule has 0 aliphatic carbocycles. The first-order valence-corrected chi connectivity index (χ1v) is 10.3. The van der Waals surface area contributed by atoms with Crippen LogP contribution in [0.4, 0.5) is 0 Å². The molecule has 0 N–H and O–H groups in total. The van der Waals surface area contributed by atoms with Crippen LogP contribution in [0.5, 0.6) is 0 Å². The van der Waals surface area contributed by atoms with Crippen LogP contribution in [0.25, 0.3) is 12.2 Å². The highest BCUT2D eigenvalue weighted by Crippen LogP contribution is 2.29. The van der Waals surface area contributed by atoms with Gasteiger partial charge in [0, 0.05) is 12.0 Å². The smallest absolute Gasteiger partial charge is 0.129 e. The summed E-state index contributed by atoms with van der Waals surface area (Å²) >= 11 is 0. The lowest BCUT2D eigenvalue weighted by Crippen LogP contribution is -2.74. The van der Waals surface area contributed by atoms with Crippen LogP contribution in [-0.4, -0.2) is 54.8 Å². The zero-order valence-corrected chi connectivity index (χ0v) is 16.4. The Bertz CT molecular complexity index is 777. The van der Waals surface area contributed by atoms with E-state index in [1.165, 1.54) is 90.0 Å². The molecule has 3 saturated heterocycles. The van der Waals surface area contributed by atoms with Crippen molar-refractivity contribution in [2.75, 3.05) is 45.8 Å². The van der Waals surface area contributed by atoms with Crippen molar-refractivity contribution in [3.8, 4) is 0 Å². The highest BCUT2D eigenvalue weighted by atomic mass is 15.5. The predicted molar refractivity (Wildman–Crippen MR) is 115 cm³/mol. The van der Waals surface area contributed by atoms with Gasteiger partial charge in [0.2, 0.25) is 0 Å². The zero-order valence-electron chi connectivity index (χ0n) is 16.4. The summed E-state index contributed by atoms with van der Waals surface area (Å²) in [6.07, 6.45) is 5.04. The predicted octanol–water partition coefficient (Wildman–Crippen LogP) is 4.38. The standard InChI is InChI=1S/C25H32N2/c1-3-22-5-9-24(10-6-22)13-14-26-15-18-27(19-16-26,20-17-26)21-25-11-7-23(4-2)8-12-25/h3-12H,1-2,13-21H2/q+2. The van der Waals surface area contributed by atoms with Gasteiger partial charge in [0.05, 0.1) is 6.54 Å². The molecule has 2 aromatic rings. The van der Waals surface area contributed by atoms with Gasteiger partial charge in [0.25, 0.3) is 0 Å². The quantitative estimate of drug-likeness (QED) is 0.643. The van der Waals surface area contributed by atoms with Crippen molar-refractivity contribution in [3.63, 3.8) is 0 Å². The summed E-state index contributed by atoms with van der Waals surface area (Å²) in [5, 5.41) is 0. The number of hydrogen-bond acceptors (Lipinski definition) is 0. The van der Waals surface area contributed by atoms with Crippen molar-refractivity contribution >= 4 is 12.2 Å². The Hall–Kier alpha value is -2.16. The number of piperazine rings is 3.